The number of H-pyrrole nitrogens is 1. The van der Waals surface area contributed by atoms with Gasteiger partial charge in [0.25, 0.3) is 0 Å². The van der Waals surface area contributed by atoms with Gasteiger partial charge in [0.15, 0.2) is 5.16 Å². The largest absolute Gasteiger partial charge is 0.351 e. The van der Waals surface area contributed by atoms with E-state index >= 15 is 0 Å². The molecule has 2 heterocycles. The average molecular weight is 312 g/mol. The highest BCUT2D eigenvalue weighted by Crippen LogP contribution is 2.20. The molecule has 0 saturated carbocycles. The van der Waals surface area contributed by atoms with Crippen molar-refractivity contribution >= 4 is 28.7 Å². The second-order valence-electron chi connectivity index (χ2n) is 4.99. The number of fused-ring (bicyclic) bond motifs is 1. The Bertz CT molecular complexity index is 785. The van der Waals surface area contributed by atoms with E-state index in [0.717, 1.165) is 21.8 Å². The highest BCUT2D eigenvalue weighted by atomic mass is 32.2. The summed E-state index contributed by atoms with van der Waals surface area (Å²) in [7, 11) is 0. The summed E-state index contributed by atoms with van der Waals surface area (Å²) in [6.07, 6.45) is 3.46. The molecule has 0 aliphatic rings. The fraction of sp³-hybridized carbons (Fsp3) is 0.188. The molecule has 112 valence electrons. The number of pyridine rings is 1. The molecule has 0 radical (unpaired) electrons. The van der Waals surface area contributed by atoms with Crippen molar-refractivity contribution in [3.63, 3.8) is 0 Å². The summed E-state index contributed by atoms with van der Waals surface area (Å²) in [4.78, 5) is 23.6. The van der Waals surface area contributed by atoms with Gasteiger partial charge in [-0.25, -0.2) is 4.98 Å². The van der Waals surface area contributed by atoms with E-state index in [-0.39, 0.29) is 5.91 Å². The lowest BCUT2D eigenvalue weighted by molar-refractivity contribution is -0.118. The summed E-state index contributed by atoms with van der Waals surface area (Å²) in [5.41, 5.74) is 4.09. The number of aryl methyl sites for hydroxylation is 1. The third-order valence-corrected chi connectivity index (χ3v) is 4.04. The summed E-state index contributed by atoms with van der Waals surface area (Å²) in [5.74, 6) is 0.310. The Morgan fingerprint density at radius 3 is 3.09 bits per heavy atom. The lowest BCUT2D eigenvalue weighted by atomic mass is 10.2. The maximum absolute atomic E-state index is 11.9. The zero-order valence-electron chi connectivity index (χ0n) is 12.2. The van der Waals surface area contributed by atoms with Crippen LogP contribution in [0.25, 0.3) is 11.0 Å². The fourth-order valence-corrected chi connectivity index (χ4v) is 2.77. The van der Waals surface area contributed by atoms with Crippen molar-refractivity contribution in [3.8, 4) is 0 Å². The van der Waals surface area contributed by atoms with Crippen LogP contribution in [0.3, 0.4) is 0 Å². The Morgan fingerprint density at radius 2 is 2.27 bits per heavy atom. The van der Waals surface area contributed by atoms with Crippen molar-refractivity contribution in [2.45, 2.75) is 18.6 Å². The van der Waals surface area contributed by atoms with Gasteiger partial charge >= 0.3 is 0 Å². The molecule has 1 aromatic carbocycles. The summed E-state index contributed by atoms with van der Waals surface area (Å²) < 4.78 is 0. The van der Waals surface area contributed by atoms with Crippen LogP contribution in [0, 0.1) is 6.92 Å². The number of aromatic nitrogens is 3. The summed E-state index contributed by atoms with van der Waals surface area (Å²) in [5, 5.41) is 3.63. The first-order chi connectivity index (χ1) is 10.7. The van der Waals surface area contributed by atoms with Gasteiger partial charge in [-0.15, -0.1) is 0 Å². The van der Waals surface area contributed by atoms with Crippen LogP contribution in [0.15, 0.2) is 47.9 Å². The number of carbonyl (C=O) groups is 1. The number of aromatic amines is 1. The first-order valence-electron chi connectivity index (χ1n) is 6.95. The number of nitrogens with zero attached hydrogens (tertiary/aromatic N) is 2. The normalized spacial score (nSPS) is 10.8. The predicted octanol–water partition coefficient (Wildman–Crippen LogP) is 2.67. The number of rotatable bonds is 5. The molecule has 1 amide bonds. The maximum Gasteiger partial charge on any atom is 0.230 e. The van der Waals surface area contributed by atoms with E-state index in [1.54, 1.807) is 12.4 Å². The van der Waals surface area contributed by atoms with E-state index in [0.29, 0.717) is 12.3 Å². The molecule has 5 nitrogen and oxygen atoms in total. The molecule has 0 fully saturated rings. The second kappa shape index (κ2) is 6.62. The van der Waals surface area contributed by atoms with Crippen LogP contribution >= 0.6 is 11.8 Å². The first-order valence-corrected chi connectivity index (χ1v) is 7.94. The molecule has 0 unspecified atom stereocenters. The Balaban J connectivity index is 1.53. The molecule has 0 atom stereocenters. The Kier molecular flexibility index (Phi) is 4.39. The molecular weight excluding hydrogens is 296 g/mol. The second-order valence-corrected chi connectivity index (χ2v) is 5.95. The Hall–Kier alpha value is -2.34. The maximum atomic E-state index is 11.9. The van der Waals surface area contributed by atoms with Gasteiger partial charge in [-0.1, -0.05) is 23.9 Å². The van der Waals surface area contributed by atoms with E-state index in [1.165, 1.54) is 17.3 Å². The highest BCUT2D eigenvalue weighted by Gasteiger charge is 2.07. The van der Waals surface area contributed by atoms with Gasteiger partial charge in [0.2, 0.25) is 5.91 Å². The summed E-state index contributed by atoms with van der Waals surface area (Å²) >= 11 is 1.40. The van der Waals surface area contributed by atoms with Crippen molar-refractivity contribution in [3.05, 3.63) is 53.9 Å². The van der Waals surface area contributed by atoms with Crippen LogP contribution < -0.4 is 5.32 Å². The highest BCUT2D eigenvalue weighted by molar-refractivity contribution is 7.99. The number of hydrogen-bond acceptors (Lipinski definition) is 4. The van der Waals surface area contributed by atoms with Gasteiger partial charge in [0.1, 0.15) is 0 Å². The molecule has 2 aromatic heterocycles. The van der Waals surface area contributed by atoms with Gasteiger partial charge in [0, 0.05) is 18.9 Å². The molecule has 22 heavy (non-hydrogen) atoms. The Morgan fingerprint density at radius 1 is 1.36 bits per heavy atom. The first kappa shape index (κ1) is 14.6. The van der Waals surface area contributed by atoms with Crippen LogP contribution in [0.4, 0.5) is 0 Å². The molecule has 0 saturated heterocycles. The molecule has 0 aliphatic heterocycles. The zero-order valence-corrected chi connectivity index (χ0v) is 13.0. The Labute approximate surface area is 132 Å². The number of amides is 1. The lowest BCUT2D eigenvalue weighted by Gasteiger charge is -2.03. The molecule has 0 aliphatic carbocycles. The number of carbonyl (C=O) groups excluding carboxylic acids is 1. The van der Waals surface area contributed by atoms with E-state index in [4.69, 9.17) is 0 Å². The van der Waals surface area contributed by atoms with Crippen LogP contribution in [0.1, 0.15) is 11.1 Å². The van der Waals surface area contributed by atoms with E-state index in [9.17, 15) is 4.79 Å². The third kappa shape index (κ3) is 3.65. The van der Waals surface area contributed by atoms with E-state index in [2.05, 4.69) is 26.3 Å². The summed E-state index contributed by atoms with van der Waals surface area (Å²) in [6, 6.07) is 9.84. The zero-order chi connectivity index (χ0) is 15.4. The monoisotopic (exact) mass is 312 g/mol. The quantitative estimate of drug-likeness (QED) is 0.711. The fourth-order valence-electron chi connectivity index (χ4n) is 2.06. The van der Waals surface area contributed by atoms with Crippen molar-refractivity contribution in [1.82, 2.24) is 20.3 Å². The van der Waals surface area contributed by atoms with Crippen molar-refractivity contribution in [1.29, 1.82) is 0 Å². The molecule has 3 aromatic rings. The van der Waals surface area contributed by atoms with Gasteiger partial charge in [-0.05, 0) is 36.2 Å². The van der Waals surface area contributed by atoms with Gasteiger partial charge in [-0.3, -0.25) is 9.78 Å². The molecule has 3 rings (SSSR count). The predicted molar refractivity (Wildman–Crippen MR) is 87.6 cm³/mol. The number of benzene rings is 1. The molecule has 2 N–H and O–H groups in total. The topological polar surface area (TPSA) is 70.7 Å². The van der Waals surface area contributed by atoms with Gasteiger partial charge < -0.3 is 10.3 Å². The van der Waals surface area contributed by atoms with Crippen molar-refractivity contribution < 1.29 is 4.79 Å². The lowest BCUT2D eigenvalue weighted by Crippen LogP contribution is -2.24. The van der Waals surface area contributed by atoms with E-state index < -0.39 is 0 Å². The minimum Gasteiger partial charge on any atom is -0.351 e. The third-order valence-electron chi connectivity index (χ3n) is 3.17. The molecule has 6 heteroatoms. The van der Waals surface area contributed by atoms with Gasteiger partial charge in [0.05, 0.1) is 16.8 Å². The smallest absolute Gasteiger partial charge is 0.230 e. The number of thioether (sulfide) groups is 1. The minimum absolute atomic E-state index is 0.0227. The number of hydrogen-bond donors (Lipinski definition) is 2. The van der Waals surface area contributed by atoms with Crippen molar-refractivity contribution in [2.24, 2.45) is 0 Å². The van der Waals surface area contributed by atoms with E-state index in [1.807, 2.05) is 31.2 Å². The van der Waals surface area contributed by atoms with Crippen LogP contribution in [0.5, 0.6) is 0 Å². The number of nitrogens with one attached hydrogen (secondary N) is 2. The van der Waals surface area contributed by atoms with Crippen molar-refractivity contribution in [2.75, 3.05) is 5.75 Å². The average Bonchev–Trinajstić information content (AvgIpc) is 2.94. The minimum atomic E-state index is -0.0227. The molecule has 0 spiro atoms. The molecule has 0 bridgehead atoms. The van der Waals surface area contributed by atoms with Crippen LogP contribution in [0.2, 0.25) is 0 Å². The standard InChI is InChI=1S/C16H16N4OS/c1-11-4-5-13-14(7-11)20-16(19-13)22-10-15(21)18-9-12-3-2-6-17-8-12/h2-8H,9-10H2,1H3,(H,18,21)(H,19,20). The number of imidazole rings is 1. The van der Waals surface area contributed by atoms with Crippen LogP contribution in [-0.2, 0) is 11.3 Å². The van der Waals surface area contributed by atoms with Crippen LogP contribution in [-0.4, -0.2) is 26.6 Å². The van der Waals surface area contributed by atoms with Gasteiger partial charge in [-0.2, -0.15) is 0 Å². The summed E-state index contributed by atoms with van der Waals surface area (Å²) in [6.45, 7) is 2.53. The molecular formula is C16H16N4OS. The SMILES string of the molecule is Cc1ccc2nc(SCC(=O)NCc3cccnc3)[nH]c2c1.